The maximum atomic E-state index is 13.5. The van der Waals surface area contributed by atoms with Crippen molar-refractivity contribution in [1.29, 1.82) is 0 Å². The third-order valence-electron chi connectivity index (χ3n) is 6.70. The van der Waals surface area contributed by atoms with Crippen molar-refractivity contribution >= 4 is 28.4 Å². The SMILES string of the molecule is COc1ccc2c(c1)c(C(=O)CSc1nnc(-c3ccccc3OC)c(-c3ccccc3OC)n1)c(C)n2C. The molecule has 198 valence electrons. The Labute approximate surface area is 231 Å². The molecule has 0 amide bonds. The van der Waals surface area contributed by atoms with Gasteiger partial charge in [0, 0.05) is 40.3 Å². The quantitative estimate of drug-likeness (QED) is 0.166. The molecule has 39 heavy (non-hydrogen) atoms. The van der Waals surface area contributed by atoms with Gasteiger partial charge in [0.1, 0.15) is 28.6 Å². The van der Waals surface area contributed by atoms with Crippen LogP contribution in [0.15, 0.2) is 71.9 Å². The molecule has 0 aliphatic carbocycles. The molecule has 0 aliphatic heterocycles. The molecule has 0 spiro atoms. The number of Topliss-reactive ketones (excluding diaryl/α,β-unsaturated/α-hetero) is 1. The highest BCUT2D eigenvalue weighted by Crippen LogP contribution is 2.38. The van der Waals surface area contributed by atoms with E-state index >= 15 is 0 Å². The van der Waals surface area contributed by atoms with Crippen LogP contribution in [0.25, 0.3) is 33.4 Å². The molecule has 0 saturated heterocycles. The lowest BCUT2D eigenvalue weighted by atomic mass is 10.0. The second-order valence-corrected chi connectivity index (χ2v) is 9.75. The number of methoxy groups -OCH3 is 3. The number of nitrogens with zero attached hydrogens (tertiary/aromatic N) is 4. The molecular formula is C30H28N4O4S. The van der Waals surface area contributed by atoms with Gasteiger partial charge in [-0.1, -0.05) is 36.0 Å². The summed E-state index contributed by atoms with van der Waals surface area (Å²) < 4.78 is 18.6. The van der Waals surface area contributed by atoms with Gasteiger partial charge < -0.3 is 18.8 Å². The van der Waals surface area contributed by atoms with E-state index in [1.54, 1.807) is 21.3 Å². The van der Waals surface area contributed by atoms with E-state index in [0.717, 1.165) is 27.7 Å². The van der Waals surface area contributed by atoms with E-state index in [9.17, 15) is 4.79 Å². The summed E-state index contributed by atoms with van der Waals surface area (Å²) in [7, 11) is 6.80. The summed E-state index contributed by atoms with van der Waals surface area (Å²) in [6, 6.07) is 21.0. The van der Waals surface area contributed by atoms with Gasteiger partial charge in [0.25, 0.3) is 0 Å². The minimum atomic E-state index is -0.0207. The van der Waals surface area contributed by atoms with Crippen molar-refractivity contribution < 1.29 is 19.0 Å². The van der Waals surface area contributed by atoms with Gasteiger partial charge in [-0.05, 0) is 49.4 Å². The van der Waals surface area contributed by atoms with Gasteiger partial charge >= 0.3 is 0 Å². The third-order valence-corrected chi connectivity index (χ3v) is 7.54. The number of ether oxygens (including phenoxy) is 3. The summed E-state index contributed by atoms with van der Waals surface area (Å²) in [6.07, 6.45) is 0. The normalized spacial score (nSPS) is 11.0. The first kappa shape index (κ1) is 26.2. The van der Waals surface area contributed by atoms with Crippen LogP contribution in [0.2, 0.25) is 0 Å². The predicted molar refractivity (Wildman–Crippen MR) is 153 cm³/mol. The molecule has 8 nitrogen and oxygen atoms in total. The Morgan fingerprint density at radius 1 is 0.846 bits per heavy atom. The Bertz CT molecular complexity index is 1680. The molecule has 2 aromatic heterocycles. The lowest BCUT2D eigenvalue weighted by molar-refractivity contribution is 0.102. The van der Waals surface area contributed by atoms with Crippen molar-refractivity contribution in [1.82, 2.24) is 19.7 Å². The van der Waals surface area contributed by atoms with Crippen LogP contribution in [0.5, 0.6) is 17.2 Å². The van der Waals surface area contributed by atoms with E-state index in [0.29, 0.717) is 39.4 Å². The summed E-state index contributed by atoms with van der Waals surface area (Å²) in [5.74, 6) is 2.14. The fourth-order valence-corrected chi connectivity index (χ4v) is 5.31. The Morgan fingerprint density at radius 2 is 1.49 bits per heavy atom. The fraction of sp³-hybridized carbons (Fsp3) is 0.200. The molecule has 3 aromatic carbocycles. The van der Waals surface area contributed by atoms with E-state index in [2.05, 4.69) is 10.2 Å². The number of benzene rings is 3. The molecule has 2 heterocycles. The standard InChI is InChI=1S/C30H28N4O4S/c1-18-27(22-16-19(36-3)14-15-23(22)34(18)2)24(35)17-39-30-31-28(20-10-6-8-12-25(20)37-4)29(32-33-30)21-11-7-9-13-26(21)38-5/h6-16H,17H2,1-5H3. The maximum Gasteiger partial charge on any atom is 0.210 e. The molecule has 0 unspecified atom stereocenters. The Hall–Kier alpha value is -4.37. The number of thioether (sulfide) groups is 1. The van der Waals surface area contributed by atoms with Crippen molar-refractivity contribution in [3.8, 4) is 39.8 Å². The second kappa shape index (κ2) is 11.2. The van der Waals surface area contributed by atoms with Gasteiger partial charge in [-0.25, -0.2) is 4.98 Å². The Morgan fingerprint density at radius 3 is 2.13 bits per heavy atom. The maximum absolute atomic E-state index is 13.5. The molecule has 0 aliphatic rings. The van der Waals surface area contributed by atoms with E-state index < -0.39 is 0 Å². The number of carbonyl (C=O) groups excluding carboxylic acids is 1. The minimum absolute atomic E-state index is 0.0207. The summed E-state index contributed by atoms with van der Waals surface area (Å²) >= 11 is 1.25. The number of aromatic nitrogens is 4. The molecule has 0 N–H and O–H groups in total. The van der Waals surface area contributed by atoms with Crippen molar-refractivity contribution in [3.63, 3.8) is 0 Å². The lowest BCUT2D eigenvalue weighted by Gasteiger charge is -2.14. The number of hydrogen-bond donors (Lipinski definition) is 0. The number of aryl methyl sites for hydroxylation is 1. The number of hydrogen-bond acceptors (Lipinski definition) is 8. The van der Waals surface area contributed by atoms with Gasteiger partial charge in [-0.15, -0.1) is 10.2 Å². The van der Waals surface area contributed by atoms with Gasteiger partial charge in [0.05, 0.1) is 27.1 Å². The summed E-state index contributed by atoms with van der Waals surface area (Å²) in [6.45, 7) is 1.95. The number of ketones is 1. The van der Waals surface area contributed by atoms with Crippen LogP contribution in [-0.4, -0.2) is 52.6 Å². The van der Waals surface area contributed by atoms with Gasteiger partial charge in [0.2, 0.25) is 5.16 Å². The fourth-order valence-electron chi connectivity index (χ4n) is 4.65. The molecule has 0 bridgehead atoms. The van der Waals surface area contributed by atoms with E-state index in [1.807, 2.05) is 85.3 Å². The van der Waals surface area contributed by atoms with Gasteiger partial charge in [0.15, 0.2) is 5.78 Å². The van der Waals surface area contributed by atoms with Crippen molar-refractivity contribution in [2.75, 3.05) is 27.1 Å². The second-order valence-electron chi connectivity index (χ2n) is 8.81. The number of fused-ring (bicyclic) bond motifs is 1. The van der Waals surface area contributed by atoms with Crippen LogP contribution < -0.4 is 14.2 Å². The number of para-hydroxylation sites is 2. The van der Waals surface area contributed by atoms with Crippen LogP contribution >= 0.6 is 11.8 Å². The van der Waals surface area contributed by atoms with E-state index in [1.165, 1.54) is 11.8 Å². The van der Waals surface area contributed by atoms with Crippen LogP contribution in [0, 0.1) is 6.92 Å². The Balaban J connectivity index is 1.53. The van der Waals surface area contributed by atoms with Crippen molar-refractivity contribution in [3.05, 3.63) is 78.0 Å². The van der Waals surface area contributed by atoms with Crippen LogP contribution in [-0.2, 0) is 7.05 Å². The van der Waals surface area contributed by atoms with Gasteiger partial charge in [-0.2, -0.15) is 0 Å². The average molecular weight is 541 g/mol. The Kier molecular flexibility index (Phi) is 7.51. The molecule has 9 heteroatoms. The first-order valence-electron chi connectivity index (χ1n) is 12.3. The zero-order chi connectivity index (χ0) is 27.5. The van der Waals surface area contributed by atoms with Crippen LogP contribution in [0.4, 0.5) is 0 Å². The first-order chi connectivity index (χ1) is 19.0. The highest BCUT2D eigenvalue weighted by Gasteiger charge is 2.22. The van der Waals surface area contributed by atoms with Crippen molar-refractivity contribution in [2.45, 2.75) is 12.1 Å². The molecule has 0 saturated carbocycles. The molecule has 5 aromatic rings. The molecule has 0 atom stereocenters. The highest BCUT2D eigenvalue weighted by molar-refractivity contribution is 7.99. The van der Waals surface area contributed by atoms with E-state index in [4.69, 9.17) is 19.2 Å². The molecule has 0 radical (unpaired) electrons. The highest BCUT2D eigenvalue weighted by atomic mass is 32.2. The molecule has 5 rings (SSSR count). The zero-order valence-electron chi connectivity index (χ0n) is 22.4. The summed E-state index contributed by atoms with van der Waals surface area (Å²) in [5.41, 5.74) is 5.21. The lowest BCUT2D eigenvalue weighted by Crippen LogP contribution is -2.07. The van der Waals surface area contributed by atoms with Crippen LogP contribution in [0.3, 0.4) is 0 Å². The largest absolute Gasteiger partial charge is 0.497 e. The number of carbonyl (C=O) groups is 1. The zero-order valence-corrected chi connectivity index (χ0v) is 23.2. The molecule has 0 fully saturated rings. The topological polar surface area (TPSA) is 88.4 Å². The number of rotatable bonds is 9. The average Bonchev–Trinajstić information content (AvgIpc) is 3.24. The monoisotopic (exact) mass is 540 g/mol. The third kappa shape index (κ3) is 4.93. The predicted octanol–water partition coefficient (Wildman–Crippen LogP) is 6.01. The first-order valence-corrected chi connectivity index (χ1v) is 13.3. The smallest absolute Gasteiger partial charge is 0.210 e. The minimum Gasteiger partial charge on any atom is -0.497 e. The molecular weight excluding hydrogens is 512 g/mol. The summed E-state index contributed by atoms with van der Waals surface area (Å²) in [5, 5.41) is 10.2. The van der Waals surface area contributed by atoms with E-state index in [-0.39, 0.29) is 11.5 Å². The summed E-state index contributed by atoms with van der Waals surface area (Å²) in [4.78, 5) is 18.4. The van der Waals surface area contributed by atoms with Gasteiger partial charge in [-0.3, -0.25) is 4.79 Å². The van der Waals surface area contributed by atoms with Crippen molar-refractivity contribution in [2.24, 2.45) is 7.05 Å². The van der Waals surface area contributed by atoms with Crippen LogP contribution in [0.1, 0.15) is 16.1 Å².